The molecule has 0 spiro atoms. The first-order valence-corrected chi connectivity index (χ1v) is 25.7. The van der Waals surface area contributed by atoms with Crippen LogP contribution in [0.2, 0.25) is 0 Å². The number of nitrogens with zero attached hydrogens (tertiary/aromatic N) is 2. The summed E-state index contributed by atoms with van der Waals surface area (Å²) in [7, 11) is 0. The molecule has 0 amide bonds. The van der Waals surface area contributed by atoms with Gasteiger partial charge in [-0.15, -0.1) is 0 Å². The summed E-state index contributed by atoms with van der Waals surface area (Å²) < 4.78 is 8.73. The smallest absolute Gasteiger partial charge is 0.138 e. The average Bonchev–Trinajstić information content (AvgIpc) is 4.06. The summed E-state index contributed by atoms with van der Waals surface area (Å²) in [6.07, 6.45) is 0. The second-order valence-corrected chi connectivity index (χ2v) is 19.4. The fraction of sp³-hybridized carbons (Fsp3) is 0.0139. The van der Waals surface area contributed by atoms with Crippen molar-refractivity contribution < 1.29 is 4.42 Å². The van der Waals surface area contributed by atoms with Gasteiger partial charge in [0, 0.05) is 33.2 Å². The van der Waals surface area contributed by atoms with E-state index in [0.29, 0.717) is 0 Å². The molecular formula is C72H48N2O. The van der Waals surface area contributed by atoms with Gasteiger partial charge in [0.05, 0.1) is 22.1 Å². The number of hydrogen-bond donors (Lipinski definition) is 0. The molecule has 0 fully saturated rings. The lowest BCUT2D eigenvalue weighted by molar-refractivity contribution is 0.669. The van der Waals surface area contributed by atoms with Crippen molar-refractivity contribution in [3.05, 3.63) is 313 Å². The maximum Gasteiger partial charge on any atom is 0.138 e. The maximum atomic E-state index is 6.45. The van der Waals surface area contributed by atoms with Crippen LogP contribution in [0.3, 0.4) is 0 Å². The minimum Gasteiger partial charge on any atom is -0.456 e. The molecule has 0 aliphatic rings. The lowest BCUT2D eigenvalue weighted by Crippen LogP contribution is -2.31. The largest absolute Gasteiger partial charge is 0.456 e. The van der Waals surface area contributed by atoms with Gasteiger partial charge in [-0.3, -0.25) is 4.57 Å². The average molecular weight is 957 g/mol. The molecule has 0 radical (unpaired) electrons. The van der Waals surface area contributed by atoms with Crippen molar-refractivity contribution in [2.24, 2.45) is 0 Å². The molecule has 3 heterocycles. The summed E-state index contributed by atoms with van der Waals surface area (Å²) >= 11 is 0. The number of para-hydroxylation sites is 2. The van der Waals surface area contributed by atoms with Gasteiger partial charge in [0.2, 0.25) is 0 Å². The first-order chi connectivity index (χ1) is 37.2. The normalized spacial score (nSPS) is 11.7. The van der Waals surface area contributed by atoms with Gasteiger partial charge in [0.1, 0.15) is 17.0 Å². The minimum atomic E-state index is -0.697. The third-order valence-electron chi connectivity index (χ3n) is 15.1. The van der Waals surface area contributed by atoms with Gasteiger partial charge in [-0.1, -0.05) is 224 Å². The van der Waals surface area contributed by atoms with Crippen LogP contribution in [0.1, 0.15) is 22.3 Å². The van der Waals surface area contributed by atoms with Crippen LogP contribution in [0.4, 0.5) is 0 Å². The molecule has 14 aromatic rings. The van der Waals surface area contributed by atoms with Crippen molar-refractivity contribution >= 4 is 43.7 Å². The van der Waals surface area contributed by atoms with Crippen molar-refractivity contribution in [3.63, 3.8) is 0 Å². The van der Waals surface area contributed by atoms with Crippen LogP contribution < -0.4 is 0 Å². The van der Waals surface area contributed by atoms with Crippen LogP contribution in [-0.4, -0.2) is 9.55 Å². The summed E-state index contributed by atoms with van der Waals surface area (Å²) in [5, 5.41) is 4.57. The first-order valence-electron chi connectivity index (χ1n) is 25.7. The number of rotatable bonds is 10. The standard InChI is InChI=1S/C72H48N2O/c1-4-20-49(21-5-1)50-22-14-23-51(42-50)52-24-15-25-53(43-52)54-26-16-27-55(44-54)56-28-17-34-60(45-56)72(58-30-6-2-7-31-58,59-32-8-3-9-33-59)61-35-18-29-57(46-61)66-38-19-41-71(73-66)74-67-39-12-10-36-62(67)64-47-65-63-37-11-13-40-69(63)75-70(65)48-68(64)74/h1-48H. The molecule has 3 aromatic heterocycles. The molecule has 11 aromatic carbocycles. The fourth-order valence-electron chi connectivity index (χ4n) is 11.6. The molecule has 0 unspecified atom stereocenters. The van der Waals surface area contributed by atoms with E-state index in [1.165, 1.54) is 60.8 Å². The molecule has 14 rings (SSSR count). The Labute approximate surface area is 435 Å². The molecule has 0 atom stereocenters. The number of hydrogen-bond acceptors (Lipinski definition) is 2. The van der Waals surface area contributed by atoms with Crippen LogP contribution in [0.5, 0.6) is 0 Å². The highest BCUT2D eigenvalue weighted by molar-refractivity contribution is 6.17. The quantitative estimate of drug-likeness (QED) is 0.128. The Morgan fingerprint density at radius 2 is 0.707 bits per heavy atom. The molecule has 0 aliphatic heterocycles. The van der Waals surface area contributed by atoms with Crippen LogP contribution in [0, 0.1) is 0 Å². The molecular weight excluding hydrogens is 909 g/mol. The third kappa shape index (κ3) is 7.64. The van der Waals surface area contributed by atoms with E-state index in [-0.39, 0.29) is 0 Å². The Morgan fingerprint density at radius 3 is 1.32 bits per heavy atom. The van der Waals surface area contributed by atoms with Crippen molar-refractivity contribution in [2.75, 3.05) is 0 Å². The number of pyridine rings is 1. The highest BCUT2D eigenvalue weighted by atomic mass is 16.3. The van der Waals surface area contributed by atoms with E-state index in [1.54, 1.807) is 0 Å². The summed E-state index contributed by atoms with van der Waals surface area (Å²) in [5.74, 6) is 0.843. The number of furan rings is 1. The molecule has 3 nitrogen and oxygen atoms in total. The van der Waals surface area contributed by atoms with E-state index >= 15 is 0 Å². The number of aromatic nitrogens is 2. The van der Waals surface area contributed by atoms with Gasteiger partial charge >= 0.3 is 0 Å². The van der Waals surface area contributed by atoms with Crippen LogP contribution in [0.15, 0.2) is 296 Å². The minimum absolute atomic E-state index is 0.697. The lowest BCUT2D eigenvalue weighted by atomic mass is 9.64. The Morgan fingerprint density at radius 1 is 0.267 bits per heavy atom. The molecule has 3 heteroatoms. The van der Waals surface area contributed by atoms with Gasteiger partial charge in [-0.25, -0.2) is 4.98 Å². The van der Waals surface area contributed by atoms with Gasteiger partial charge in [0.15, 0.2) is 0 Å². The molecule has 75 heavy (non-hydrogen) atoms. The van der Waals surface area contributed by atoms with E-state index in [1.807, 2.05) is 12.1 Å². The summed E-state index contributed by atoms with van der Waals surface area (Å²) in [4.78, 5) is 5.51. The maximum absolute atomic E-state index is 6.45. The zero-order valence-corrected chi connectivity index (χ0v) is 41.0. The SMILES string of the molecule is c1ccc(-c2cccc(-c3cccc(-c4cccc(-c5cccc(C(c6ccccc6)(c6ccccc6)c6cccc(-c7cccc(-n8c9ccccc9c9cc%10c(cc98)oc8ccccc8%10)n7)c6)c5)c4)c3)c2)cc1. The second kappa shape index (κ2) is 18.3. The van der Waals surface area contributed by atoms with E-state index in [9.17, 15) is 0 Å². The van der Waals surface area contributed by atoms with E-state index in [4.69, 9.17) is 9.40 Å². The van der Waals surface area contributed by atoms with Crippen molar-refractivity contribution in [1.82, 2.24) is 9.55 Å². The van der Waals surface area contributed by atoms with Crippen molar-refractivity contribution in [2.45, 2.75) is 5.41 Å². The molecule has 0 saturated heterocycles. The molecule has 0 bridgehead atoms. The van der Waals surface area contributed by atoms with Crippen molar-refractivity contribution in [1.29, 1.82) is 0 Å². The fourth-order valence-corrected chi connectivity index (χ4v) is 11.6. The van der Waals surface area contributed by atoms with E-state index in [0.717, 1.165) is 66.7 Å². The van der Waals surface area contributed by atoms with Gasteiger partial charge in [-0.2, -0.15) is 0 Å². The number of fused-ring (bicyclic) bond motifs is 6. The van der Waals surface area contributed by atoms with Gasteiger partial charge < -0.3 is 4.42 Å². The molecule has 0 N–H and O–H groups in total. The van der Waals surface area contributed by atoms with Crippen molar-refractivity contribution in [3.8, 4) is 61.6 Å². The van der Waals surface area contributed by atoms with Crippen LogP contribution >= 0.6 is 0 Å². The Hall–Kier alpha value is -9.83. The van der Waals surface area contributed by atoms with Crippen LogP contribution in [-0.2, 0) is 5.41 Å². The predicted molar refractivity (Wildman–Crippen MR) is 311 cm³/mol. The first kappa shape index (κ1) is 43.9. The molecule has 0 aliphatic carbocycles. The zero-order chi connectivity index (χ0) is 49.7. The summed E-state index contributed by atoms with van der Waals surface area (Å²) in [6, 6.07) is 105. The van der Waals surface area contributed by atoms with Gasteiger partial charge in [-0.05, 0) is 127 Å². The Balaban J connectivity index is 0.880. The molecule has 0 saturated carbocycles. The van der Waals surface area contributed by atoms with E-state index in [2.05, 4.69) is 284 Å². The predicted octanol–water partition coefficient (Wildman–Crippen LogP) is 18.8. The summed E-state index contributed by atoms with van der Waals surface area (Å²) in [5.41, 5.74) is 19.2. The van der Waals surface area contributed by atoms with Crippen LogP contribution in [0.25, 0.3) is 105 Å². The highest BCUT2D eigenvalue weighted by Gasteiger charge is 2.39. The van der Waals surface area contributed by atoms with E-state index < -0.39 is 5.41 Å². The topological polar surface area (TPSA) is 31.0 Å². The monoisotopic (exact) mass is 956 g/mol. The zero-order valence-electron chi connectivity index (χ0n) is 41.0. The lowest BCUT2D eigenvalue weighted by Gasteiger charge is -2.37. The highest BCUT2D eigenvalue weighted by Crippen LogP contribution is 2.47. The molecule has 352 valence electrons. The third-order valence-corrected chi connectivity index (χ3v) is 15.1. The van der Waals surface area contributed by atoms with Gasteiger partial charge in [0.25, 0.3) is 0 Å². The Kier molecular flexibility index (Phi) is 10.7. The second-order valence-electron chi connectivity index (χ2n) is 19.4. The Bertz CT molecular complexity index is 4380. The summed E-state index contributed by atoms with van der Waals surface area (Å²) in [6.45, 7) is 0. The number of benzene rings is 11.